The van der Waals surface area contributed by atoms with Crippen LogP contribution >= 0.6 is 0 Å². The van der Waals surface area contributed by atoms with Crippen molar-refractivity contribution >= 4 is 23.8 Å². The third-order valence-electron chi connectivity index (χ3n) is 6.47. The van der Waals surface area contributed by atoms with Crippen LogP contribution in [0.4, 0.5) is 13.2 Å². The number of carboxylic acids is 1. The summed E-state index contributed by atoms with van der Waals surface area (Å²) in [7, 11) is 0. The number of carbonyl (C=O) groups is 3. The van der Waals surface area contributed by atoms with E-state index < -0.39 is 41.1 Å². The first-order valence-corrected chi connectivity index (χ1v) is 11.6. The quantitative estimate of drug-likeness (QED) is 0.146. The Labute approximate surface area is 217 Å². The average molecular weight is 532 g/mol. The maximum Gasteiger partial charge on any atom is 0.335 e. The molecule has 0 saturated carbocycles. The fourth-order valence-corrected chi connectivity index (χ4v) is 4.63. The molecule has 3 heterocycles. The van der Waals surface area contributed by atoms with E-state index in [9.17, 15) is 27.6 Å². The first-order chi connectivity index (χ1) is 18.7. The van der Waals surface area contributed by atoms with Crippen molar-refractivity contribution in [1.29, 1.82) is 0 Å². The molecule has 194 valence electrons. The van der Waals surface area contributed by atoms with E-state index in [-0.39, 0.29) is 40.4 Å². The van der Waals surface area contributed by atoms with Crippen LogP contribution in [0.3, 0.4) is 0 Å². The monoisotopic (exact) mass is 532 g/mol. The van der Waals surface area contributed by atoms with Gasteiger partial charge in [0.15, 0.2) is 23.2 Å². The smallest absolute Gasteiger partial charge is 0.335 e. The molecular formula is C29H15F3O7. The summed E-state index contributed by atoms with van der Waals surface area (Å²) in [6, 6.07) is 13.7. The number of allylic oxidation sites excluding steroid dienone is 1. The summed E-state index contributed by atoms with van der Waals surface area (Å²) in [5, 5.41) is 9.12. The summed E-state index contributed by atoms with van der Waals surface area (Å²) in [6.07, 6.45) is 0.968. The second-order valence-corrected chi connectivity index (χ2v) is 8.91. The number of ether oxygens (including phenoxy) is 2. The van der Waals surface area contributed by atoms with Crippen LogP contribution in [0.2, 0.25) is 0 Å². The summed E-state index contributed by atoms with van der Waals surface area (Å²) in [4.78, 5) is 36.6. The predicted molar refractivity (Wildman–Crippen MR) is 129 cm³/mol. The number of benzene rings is 3. The zero-order valence-electron chi connectivity index (χ0n) is 19.7. The van der Waals surface area contributed by atoms with E-state index in [4.69, 9.17) is 19.0 Å². The number of hydrogen-bond acceptors (Lipinski definition) is 6. The second kappa shape index (κ2) is 9.02. The first-order valence-electron chi connectivity index (χ1n) is 11.6. The normalized spacial score (nSPS) is 17.0. The molecule has 10 heteroatoms. The number of Topliss-reactive ketones (excluding diaryl/α,β-unsaturated/α-hetero) is 1. The van der Waals surface area contributed by atoms with Crippen LogP contribution in [-0.2, 0) is 4.79 Å². The highest BCUT2D eigenvalue weighted by Gasteiger charge is 2.39. The van der Waals surface area contributed by atoms with Crippen LogP contribution in [0.1, 0.15) is 49.9 Å². The Kier molecular flexibility index (Phi) is 5.60. The van der Waals surface area contributed by atoms with Gasteiger partial charge in [0.25, 0.3) is 0 Å². The van der Waals surface area contributed by atoms with Crippen LogP contribution in [0.25, 0.3) is 17.4 Å². The van der Waals surface area contributed by atoms with Gasteiger partial charge in [-0.15, -0.1) is 0 Å². The highest BCUT2D eigenvalue weighted by atomic mass is 19.2. The number of halogens is 3. The summed E-state index contributed by atoms with van der Waals surface area (Å²) < 4.78 is 58.0. The number of fused-ring (bicyclic) bond motifs is 3. The number of esters is 1. The number of carboxylic acid groups (broad SMARTS) is 1. The van der Waals surface area contributed by atoms with Gasteiger partial charge >= 0.3 is 11.9 Å². The SMILES string of the molecule is O=C1CC(c2ccc(-c3ccc(C(=O)O)cc3)o2)c2c(ccc3c2O/C(=C\c2cc(F)c(F)c(F)c2)C3=O)O1. The summed E-state index contributed by atoms with van der Waals surface area (Å²) in [5.74, 6) is -6.53. The first kappa shape index (κ1) is 24.2. The molecule has 6 rings (SSSR count). The minimum Gasteiger partial charge on any atom is -0.478 e. The van der Waals surface area contributed by atoms with Crippen molar-refractivity contribution in [3.8, 4) is 22.8 Å². The lowest BCUT2D eigenvalue weighted by molar-refractivity contribution is -0.135. The molecule has 0 aliphatic carbocycles. The molecule has 0 saturated heterocycles. The maximum atomic E-state index is 13.7. The van der Waals surface area contributed by atoms with Gasteiger partial charge < -0.3 is 19.0 Å². The van der Waals surface area contributed by atoms with Gasteiger partial charge in [-0.2, -0.15) is 0 Å². The van der Waals surface area contributed by atoms with Crippen molar-refractivity contribution < 1.29 is 46.6 Å². The van der Waals surface area contributed by atoms with Crippen molar-refractivity contribution in [2.45, 2.75) is 12.3 Å². The maximum absolute atomic E-state index is 13.7. The molecule has 4 aromatic rings. The molecule has 1 unspecified atom stereocenters. The Hall–Kier alpha value is -5.12. The van der Waals surface area contributed by atoms with E-state index in [0.29, 0.717) is 22.6 Å². The molecular weight excluding hydrogens is 517 g/mol. The molecule has 2 aliphatic rings. The zero-order valence-corrected chi connectivity index (χ0v) is 19.7. The molecule has 0 fully saturated rings. The van der Waals surface area contributed by atoms with Crippen LogP contribution in [-0.4, -0.2) is 22.8 Å². The average Bonchev–Trinajstić information content (AvgIpc) is 3.52. The number of aromatic carboxylic acids is 1. The fraction of sp³-hybridized carbons (Fsp3) is 0.0690. The number of rotatable bonds is 4. The standard InChI is InChI=1S/C29H15F3O7/c30-18-9-13(10-19(31)26(18)32)11-23-27(34)16-5-6-22-25(28(16)39-23)17(12-24(33)38-22)21-8-7-20(37-21)14-1-3-15(4-2-14)29(35)36/h1-11,17H,12H2,(H,35,36)/b23-11-. The van der Waals surface area contributed by atoms with E-state index in [1.54, 1.807) is 24.3 Å². The molecule has 0 bridgehead atoms. The van der Waals surface area contributed by atoms with Crippen molar-refractivity contribution in [3.05, 3.63) is 112 Å². The molecule has 2 aliphatic heterocycles. The minimum atomic E-state index is -1.63. The van der Waals surface area contributed by atoms with Crippen LogP contribution < -0.4 is 9.47 Å². The van der Waals surface area contributed by atoms with Gasteiger partial charge in [0.1, 0.15) is 23.0 Å². The predicted octanol–water partition coefficient (Wildman–Crippen LogP) is 6.12. The molecule has 1 aromatic heterocycles. The van der Waals surface area contributed by atoms with Gasteiger partial charge in [0.2, 0.25) is 5.78 Å². The third kappa shape index (κ3) is 4.15. The van der Waals surface area contributed by atoms with Crippen LogP contribution in [0.15, 0.2) is 70.8 Å². The van der Waals surface area contributed by atoms with Crippen molar-refractivity contribution in [2.75, 3.05) is 0 Å². The van der Waals surface area contributed by atoms with Gasteiger partial charge in [-0.05, 0) is 60.2 Å². The van der Waals surface area contributed by atoms with Gasteiger partial charge in [-0.3, -0.25) is 9.59 Å². The highest BCUT2D eigenvalue weighted by molar-refractivity contribution is 6.15. The summed E-state index contributed by atoms with van der Waals surface area (Å²) in [6.45, 7) is 0. The topological polar surface area (TPSA) is 103 Å². The molecule has 39 heavy (non-hydrogen) atoms. The lowest BCUT2D eigenvalue weighted by atomic mass is 9.88. The second-order valence-electron chi connectivity index (χ2n) is 8.91. The lowest BCUT2D eigenvalue weighted by Crippen LogP contribution is -2.21. The number of ketones is 1. The zero-order chi connectivity index (χ0) is 27.4. The van der Waals surface area contributed by atoms with Crippen molar-refractivity contribution in [3.63, 3.8) is 0 Å². The van der Waals surface area contributed by atoms with E-state index in [2.05, 4.69) is 0 Å². The molecule has 0 radical (unpaired) electrons. The Morgan fingerprint density at radius 3 is 2.33 bits per heavy atom. The van der Waals surface area contributed by atoms with Gasteiger partial charge in [0.05, 0.1) is 23.5 Å². The molecule has 1 atom stereocenters. The van der Waals surface area contributed by atoms with Gasteiger partial charge in [0, 0.05) is 11.1 Å². The lowest BCUT2D eigenvalue weighted by Gasteiger charge is -2.24. The largest absolute Gasteiger partial charge is 0.478 e. The van der Waals surface area contributed by atoms with Crippen LogP contribution in [0, 0.1) is 17.5 Å². The molecule has 0 spiro atoms. The van der Waals surface area contributed by atoms with Crippen LogP contribution in [0.5, 0.6) is 11.5 Å². The van der Waals surface area contributed by atoms with E-state index in [1.165, 1.54) is 24.3 Å². The molecule has 7 nitrogen and oxygen atoms in total. The van der Waals surface area contributed by atoms with E-state index in [1.807, 2.05) is 0 Å². The molecule has 3 aromatic carbocycles. The third-order valence-corrected chi connectivity index (χ3v) is 6.47. The highest BCUT2D eigenvalue weighted by Crippen LogP contribution is 2.49. The summed E-state index contributed by atoms with van der Waals surface area (Å²) >= 11 is 0. The number of furan rings is 1. The fourth-order valence-electron chi connectivity index (χ4n) is 4.63. The number of hydrogen-bond donors (Lipinski definition) is 1. The van der Waals surface area contributed by atoms with Gasteiger partial charge in [-0.25, -0.2) is 18.0 Å². The number of carbonyl (C=O) groups excluding carboxylic acids is 2. The molecule has 0 amide bonds. The minimum absolute atomic E-state index is 0.105. The van der Waals surface area contributed by atoms with Crippen molar-refractivity contribution in [2.24, 2.45) is 0 Å². The Bertz CT molecular complexity index is 1710. The van der Waals surface area contributed by atoms with Crippen molar-refractivity contribution in [1.82, 2.24) is 0 Å². The van der Waals surface area contributed by atoms with E-state index in [0.717, 1.165) is 18.2 Å². The Balaban J connectivity index is 1.38. The summed E-state index contributed by atoms with van der Waals surface area (Å²) in [5.41, 5.74) is 1.12. The Morgan fingerprint density at radius 1 is 0.923 bits per heavy atom. The Morgan fingerprint density at radius 2 is 1.64 bits per heavy atom. The molecule has 1 N–H and O–H groups in total. The van der Waals surface area contributed by atoms with E-state index >= 15 is 0 Å². The van der Waals surface area contributed by atoms with Gasteiger partial charge in [-0.1, -0.05) is 12.1 Å².